The molecule has 1 saturated heterocycles. The topological polar surface area (TPSA) is 27.7 Å². The summed E-state index contributed by atoms with van der Waals surface area (Å²) in [6.45, 7) is 7.99. The SMILES string of the molecule is C=C(OCC)C1=CCC2(CC1)OCCO2. The van der Waals surface area contributed by atoms with E-state index in [0.717, 1.165) is 38.2 Å². The van der Waals surface area contributed by atoms with Crippen LogP contribution in [-0.2, 0) is 14.2 Å². The number of allylic oxidation sites excluding steroid dienone is 1. The molecule has 2 aliphatic rings. The van der Waals surface area contributed by atoms with Crippen LogP contribution >= 0.6 is 0 Å². The molecule has 1 spiro atoms. The summed E-state index contributed by atoms with van der Waals surface area (Å²) < 4.78 is 16.7. The van der Waals surface area contributed by atoms with Gasteiger partial charge in [0.15, 0.2) is 5.79 Å². The number of ether oxygens (including phenoxy) is 3. The van der Waals surface area contributed by atoms with Crippen molar-refractivity contribution in [1.82, 2.24) is 0 Å². The summed E-state index contributed by atoms with van der Waals surface area (Å²) in [4.78, 5) is 0. The molecular formula is C12H18O3. The quantitative estimate of drug-likeness (QED) is 0.669. The zero-order valence-corrected chi connectivity index (χ0v) is 9.25. The van der Waals surface area contributed by atoms with Gasteiger partial charge in [-0.05, 0) is 18.9 Å². The molecule has 0 aromatic heterocycles. The highest BCUT2D eigenvalue weighted by Gasteiger charge is 2.37. The lowest BCUT2D eigenvalue weighted by Crippen LogP contribution is -2.31. The number of hydrogen-bond acceptors (Lipinski definition) is 3. The van der Waals surface area contributed by atoms with E-state index in [4.69, 9.17) is 14.2 Å². The second-order valence-electron chi connectivity index (χ2n) is 3.90. The average molecular weight is 210 g/mol. The summed E-state index contributed by atoms with van der Waals surface area (Å²) in [5.41, 5.74) is 1.20. The van der Waals surface area contributed by atoms with Gasteiger partial charge in [0.2, 0.25) is 0 Å². The molecule has 1 heterocycles. The zero-order chi connectivity index (χ0) is 10.7. The fourth-order valence-electron chi connectivity index (χ4n) is 2.09. The maximum Gasteiger partial charge on any atom is 0.172 e. The Hall–Kier alpha value is -0.800. The summed E-state index contributed by atoms with van der Waals surface area (Å²) in [7, 11) is 0. The van der Waals surface area contributed by atoms with Crippen LogP contribution in [0.4, 0.5) is 0 Å². The van der Waals surface area contributed by atoms with Gasteiger partial charge < -0.3 is 14.2 Å². The molecule has 0 atom stereocenters. The molecular weight excluding hydrogens is 192 g/mol. The third-order valence-electron chi connectivity index (χ3n) is 2.92. The van der Waals surface area contributed by atoms with Gasteiger partial charge in [-0.25, -0.2) is 0 Å². The van der Waals surface area contributed by atoms with Crippen molar-refractivity contribution >= 4 is 0 Å². The Morgan fingerprint density at radius 3 is 2.80 bits per heavy atom. The monoisotopic (exact) mass is 210 g/mol. The van der Waals surface area contributed by atoms with E-state index in [1.807, 2.05) is 6.92 Å². The molecule has 0 saturated carbocycles. The summed E-state index contributed by atoms with van der Waals surface area (Å²) in [5, 5.41) is 0. The van der Waals surface area contributed by atoms with Gasteiger partial charge in [-0.3, -0.25) is 0 Å². The Kier molecular flexibility index (Phi) is 3.12. The minimum absolute atomic E-state index is 0.337. The fourth-order valence-corrected chi connectivity index (χ4v) is 2.09. The largest absolute Gasteiger partial charge is 0.494 e. The van der Waals surface area contributed by atoms with E-state index in [1.165, 1.54) is 5.57 Å². The van der Waals surface area contributed by atoms with Crippen LogP contribution in [0.5, 0.6) is 0 Å². The molecule has 0 aromatic carbocycles. The van der Waals surface area contributed by atoms with E-state index >= 15 is 0 Å². The first-order chi connectivity index (χ1) is 7.26. The van der Waals surface area contributed by atoms with Crippen molar-refractivity contribution in [3.05, 3.63) is 24.0 Å². The van der Waals surface area contributed by atoms with Gasteiger partial charge >= 0.3 is 0 Å². The minimum atomic E-state index is -0.337. The van der Waals surface area contributed by atoms with Crippen LogP contribution in [-0.4, -0.2) is 25.6 Å². The van der Waals surface area contributed by atoms with Crippen molar-refractivity contribution in [3.63, 3.8) is 0 Å². The van der Waals surface area contributed by atoms with E-state index < -0.39 is 0 Å². The molecule has 0 radical (unpaired) electrons. The first-order valence-corrected chi connectivity index (χ1v) is 5.55. The molecule has 0 unspecified atom stereocenters. The van der Waals surface area contributed by atoms with Crippen molar-refractivity contribution in [2.24, 2.45) is 0 Å². The van der Waals surface area contributed by atoms with Crippen molar-refractivity contribution in [1.29, 1.82) is 0 Å². The van der Waals surface area contributed by atoms with E-state index in [9.17, 15) is 0 Å². The van der Waals surface area contributed by atoms with Crippen molar-refractivity contribution in [2.45, 2.75) is 32.0 Å². The van der Waals surface area contributed by atoms with Gasteiger partial charge in [0.1, 0.15) is 5.76 Å². The highest BCUT2D eigenvalue weighted by atomic mass is 16.7. The molecule has 3 heteroatoms. The summed E-state index contributed by atoms with van der Waals surface area (Å²) in [6.07, 6.45) is 4.78. The van der Waals surface area contributed by atoms with Gasteiger partial charge in [0, 0.05) is 12.8 Å². The molecule has 1 aliphatic heterocycles. The predicted molar refractivity (Wildman–Crippen MR) is 57.3 cm³/mol. The van der Waals surface area contributed by atoms with Gasteiger partial charge in [-0.1, -0.05) is 12.7 Å². The summed E-state index contributed by atoms with van der Waals surface area (Å²) in [5.74, 6) is 0.459. The lowest BCUT2D eigenvalue weighted by molar-refractivity contribution is -0.161. The summed E-state index contributed by atoms with van der Waals surface area (Å²) in [6, 6.07) is 0. The molecule has 1 fully saturated rings. The van der Waals surface area contributed by atoms with Gasteiger partial charge in [-0.2, -0.15) is 0 Å². The number of rotatable bonds is 3. The molecule has 0 aromatic rings. The van der Waals surface area contributed by atoms with Crippen molar-refractivity contribution in [2.75, 3.05) is 19.8 Å². The smallest absolute Gasteiger partial charge is 0.172 e. The van der Waals surface area contributed by atoms with E-state index in [0.29, 0.717) is 6.61 Å². The second kappa shape index (κ2) is 4.37. The van der Waals surface area contributed by atoms with Crippen LogP contribution in [0.1, 0.15) is 26.2 Å². The van der Waals surface area contributed by atoms with Crippen molar-refractivity contribution < 1.29 is 14.2 Å². The maximum absolute atomic E-state index is 5.63. The van der Waals surface area contributed by atoms with E-state index in [1.54, 1.807) is 0 Å². The van der Waals surface area contributed by atoms with Crippen LogP contribution in [0.25, 0.3) is 0 Å². The van der Waals surface area contributed by atoms with Crippen LogP contribution in [0.3, 0.4) is 0 Å². The Labute approximate surface area is 90.7 Å². The average Bonchev–Trinajstić information content (AvgIpc) is 2.68. The zero-order valence-electron chi connectivity index (χ0n) is 9.25. The molecule has 15 heavy (non-hydrogen) atoms. The Balaban J connectivity index is 1.96. The predicted octanol–water partition coefficient (Wildman–Crippen LogP) is 2.39. The lowest BCUT2D eigenvalue weighted by Gasteiger charge is -2.30. The minimum Gasteiger partial charge on any atom is -0.494 e. The van der Waals surface area contributed by atoms with Crippen LogP contribution in [0, 0.1) is 0 Å². The third-order valence-corrected chi connectivity index (χ3v) is 2.92. The van der Waals surface area contributed by atoms with Crippen molar-refractivity contribution in [3.8, 4) is 0 Å². The Morgan fingerprint density at radius 1 is 1.53 bits per heavy atom. The lowest BCUT2D eigenvalue weighted by atomic mass is 9.93. The second-order valence-corrected chi connectivity index (χ2v) is 3.90. The molecule has 0 bridgehead atoms. The van der Waals surface area contributed by atoms with E-state index in [2.05, 4.69) is 12.7 Å². The molecule has 3 nitrogen and oxygen atoms in total. The van der Waals surface area contributed by atoms with Crippen LogP contribution in [0.15, 0.2) is 24.0 Å². The molecule has 0 amide bonds. The first-order valence-electron chi connectivity index (χ1n) is 5.55. The fraction of sp³-hybridized carbons (Fsp3) is 0.667. The maximum atomic E-state index is 5.63. The highest BCUT2D eigenvalue weighted by Crippen LogP contribution is 2.36. The van der Waals surface area contributed by atoms with Crippen LogP contribution in [0.2, 0.25) is 0 Å². The van der Waals surface area contributed by atoms with Gasteiger partial charge in [-0.15, -0.1) is 0 Å². The molecule has 0 N–H and O–H groups in total. The normalized spacial score (nSPS) is 23.9. The Morgan fingerprint density at radius 2 is 2.27 bits per heavy atom. The standard InChI is InChI=1S/C12H18O3/c1-3-13-10(2)11-4-6-12(7-5-11)14-8-9-15-12/h4H,2-3,5-9H2,1H3. The van der Waals surface area contributed by atoms with Gasteiger partial charge in [0.25, 0.3) is 0 Å². The third kappa shape index (κ3) is 2.24. The number of hydrogen-bond donors (Lipinski definition) is 0. The van der Waals surface area contributed by atoms with Gasteiger partial charge in [0.05, 0.1) is 19.8 Å². The summed E-state index contributed by atoms with van der Waals surface area (Å²) >= 11 is 0. The Bertz CT molecular complexity index is 275. The molecule has 2 rings (SSSR count). The molecule has 84 valence electrons. The highest BCUT2D eigenvalue weighted by molar-refractivity contribution is 5.26. The van der Waals surface area contributed by atoms with E-state index in [-0.39, 0.29) is 5.79 Å². The van der Waals surface area contributed by atoms with Crippen LogP contribution < -0.4 is 0 Å². The molecule has 1 aliphatic carbocycles. The first kappa shape index (κ1) is 10.7.